The zero-order valence-corrected chi connectivity index (χ0v) is 21.5. The van der Waals surface area contributed by atoms with Crippen LogP contribution in [0.2, 0.25) is 0 Å². The Morgan fingerprint density at radius 3 is 2.86 bits per heavy atom. The molecule has 10 heteroatoms. The van der Waals surface area contributed by atoms with Crippen LogP contribution in [0.1, 0.15) is 43.8 Å². The molecule has 2 heterocycles. The average molecular weight is 509 g/mol. The van der Waals surface area contributed by atoms with Gasteiger partial charge in [-0.2, -0.15) is 0 Å². The molecule has 0 radical (unpaired) electrons. The summed E-state index contributed by atoms with van der Waals surface area (Å²) in [5.74, 6) is 0.121. The van der Waals surface area contributed by atoms with Crippen LogP contribution in [-0.4, -0.2) is 83.2 Å². The van der Waals surface area contributed by atoms with Gasteiger partial charge >= 0.3 is 12.1 Å². The predicted octanol–water partition coefficient (Wildman–Crippen LogP) is 3.07. The van der Waals surface area contributed by atoms with Gasteiger partial charge in [0.1, 0.15) is 5.82 Å². The molecule has 0 spiro atoms. The summed E-state index contributed by atoms with van der Waals surface area (Å²) in [7, 11) is 3.20. The molecule has 2 aliphatic heterocycles. The monoisotopic (exact) mass is 508 g/mol. The van der Waals surface area contributed by atoms with Gasteiger partial charge in [-0.25, -0.2) is 14.0 Å². The van der Waals surface area contributed by atoms with Gasteiger partial charge in [0.15, 0.2) is 0 Å². The number of halogens is 1. The van der Waals surface area contributed by atoms with Crippen molar-refractivity contribution in [3.63, 3.8) is 0 Å². The first kappa shape index (κ1) is 28.1. The number of carbonyl (C=O) groups is 2. The quantitative estimate of drug-likeness (QED) is 0.397. The summed E-state index contributed by atoms with van der Waals surface area (Å²) in [6.07, 6.45) is 3.83. The Kier molecular flexibility index (Phi) is 11.7. The number of urea groups is 1. The third kappa shape index (κ3) is 8.90. The second kappa shape index (κ2) is 15.0. The standard InChI is InChI=1S/C26H41FN4O5/c1-28-16-23(14-19-6-5-12-35-18-19)30-25(32)31-11-4-8-21(17-31)24(20-7-3-9-22(27)15-20)36-13-10-29-26(33)34-2/h3,7,9,15,19,21,23-24,28H,4-6,8,10-14,16-18H2,1-2H3,(H,29,33)(H,30,32)/t19-,21?,23+,24+/m1/s1. The van der Waals surface area contributed by atoms with E-state index in [0.717, 1.165) is 50.9 Å². The van der Waals surface area contributed by atoms with Crippen LogP contribution in [0.25, 0.3) is 0 Å². The number of rotatable bonds is 11. The highest BCUT2D eigenvalue weighted by Crippen LogP contribution is 2.33. The lowest BCUT2D eigenvalue weighted by molar-refractivity contribution is -0.00889. The van der Waals surface area contributed by atoms with Crippen molar-refractivity contribution in [3.05, 3.63) is 35.6 Å². The molecule has 3 amide bonds. The van der Waals surface area contributed by atoms with Gasteiger partial charge in [0.2, 0.25) is 0 Å². The molecule has 1 unspecified atom stereocenters. The Morgan fingerprint density at radius 1 is 1.28 bits per heavy atom. The van der Waals surface area contributed by atoms with Gasteiger partial charge in [0, 0.05) is 51.4 Å². The van der Waals surface area contributed by atoms with E-state index in [1.165, 1.54) is 19.2 Å². The minimum atomic E-state index is -0.530. The largest absolute Gasteiger partial charge is 0.453 e. The Hall–Kier alpha value is -2.43. The van der Waals surface area contributed by atoms with E-state index in [0.29, 0.717) is 25.6 Å². The third-order valence-corrected chi connectivity index (χ3v) is 6.86. The number of ether oxygens (including phenoxy) is 3. The van der Waals surface area contributed by atoms with Gasteiger partial charge in [0.05, 0.1) is 19.8 Å². The Morgan fingerprint density at radius 2 is 2.14 bits per heavy atom. The maximum atomic E-state index is 14.0. The molecule has 0 bridgehead atoms. The third-order valence-electron chi connectivity index (χ3n) is 6.86. The molecule has 0 aliphatic carbocycles. The molecule has 9 nitrogen and oxygen atoms in total. The second-order valence-electron chi connectivity index (χ2n) is 9.64. The van der Waals surface area contributed by atoms with Crippen LogP contribution < -0.4 is 16.0 Å². The first-order valence-electron chi connectivity index (χ1n) is 13.0. The fourth-order valence-electron chi connectivity index (χ4n) is 5.14. The average Bonchev–Trinajstić information content (AvgIpc) is 2.89. The van der Waals surface area contributed by atoms with Crippen molar-refractivity contribution in [2.24, 2.45) is 11.8 Å². The van der Waals surface area contributed by atoms with E-state index in [9.17, 15) is 14.0 Å². The van der Waals surface area contributed by atoms with Gasteiger partial charge in [-0.1, -0.05) is 12.1 Å². The fourth-order valence-corrected chi connectivity index (χ4v) is 5.14. The van der Waals surface area contributed by atoms with Crippen LogP contribution in [0.15, 0.2) is 24.3 Å². The number of piperidine rings is 1. The molecule has 2 aliphatic rings. The lowest BCUT2D eigenvalue weighted by Crippen LogP contribution is -2.52. The zero-order chi connectivity index (χ0) is 25.8. The minimum absolute atomic E-state index is 0.000999. The molecule has 0 saturated carbocycles. The van der Waals surface area contributed by atoms with E-state index in [4.69, 9.17) is 9.47 Å². The van der Waals surface area contributed by atoms with Crippen molar-refractivity contribution in [2.45, 2.75) is 44.2 Å². The summed E-state index contributed by atoms with van der Waals surface area (Å²) in [6.45, 7) is 3.96. The van der Waals surface area contributed by atoms with Crippen molar-refractivity contribution in [2.75, 3.05) is 60.2 Å². The highest BCUT2D eigenvalue weighted by molar-refractivity contribution is 5.74. The number of hydrogen-bond donors (Lipinski definition) is 3. The highest BCUT2D eigenvalue weighted by atomic mass is 19.1. The summed E-state index contributed by atoms with van der Waals surface area (Å²) in [5, 5.41) is 9.01. The van der Waals surface area contributed by atoms with Crippen molar-refractivity contribution in [1.29, 1.82) is 0 Å². The van der Waals surface area contributed by atoms with Crippen LogP contribution >= 0.6 is 0 Å². The van der Waals surface area contributed by atoms with Gasteiger partial charge in [-0.15, -0.1) is 0 Å². The Balaban J connectivity index is 1.62. The number of methoxy groups -OCH3 is 1. The lowest BCUT2D eigenvalue weighted by atomic mass is 9.88. The normalized spacial score (nSPS) is 21.9. The van der Waals surface area contributed by atoms with Gasteiger partial charge in [-0.3, -0.25) is 0 Å². The van der Waals surface area contributed by atoms with Crippen LogP contribution in [0.4, 0.5) is 14.0 Å². The molecule has 1 aromatic rings. The smallest absolute Gasteiger partial charge is 0.406 e. The molecular weight excluding hydrogens is 467 g/mol. The van der Waals surface area contributed by atoms with Crippen LogP contribution in [0.5, 0.6) is 0 Å². The molecule has 3 N–H and O–H groups in total. The van der Waals surface area contributed by atoms with E-state index in [-0.39, 0.29) is 37.0 Å². The number of likely N-dealkylation sites (N-methyl/N-ethyl adjacent to an activating group) is 1. The molecule has 202 valence electrons. The number of amides is 3. The lowest BCUT2D eigenvalue weighted by Gasteiger charge is -2.38. The van der Waals surface area contributed by atoms with Gasteiger partial charge in [0.25, 0.3) is 0 Å². The number of alkyl carbamates (subject to hydrolysis) is 1. The molecule has 1 aromatic carbocycles. The number of likely N-dealkylation sites (tertiary alicyclic amines) is 1. The van der Waals surface area contributed by atoms with E-state index in [1.807, 2.05) is 18.0 Å². The molecule has 2 fully saturated rings. The van der Waals surface area contributed by atoms with Gasteiger partial charge < -0.3 is 35.1 Å². The van der Waals surface area contributed by atoms with Crippen molar-refractivity contribution in [1.82, 2.24) is 20.9 Å². The van der Waals surface area contributed by atoms with E-state index in [2.05, 4.69) is 20.7 Å². The zero-order valence-electron chi connectivity index (χ0n) is 21.5. The number of nitrogens with zero attached hydrogens (tertiary/aromatic N) is 1. The van der Waals surface area contributed by atoms with Crippen molar-refractivity contribution >= 4 is 12.1 Å². The molecule has 0 aromatic heterocycles. The van der Waals surface area contributed by atoms with E-state index >= 15 is 0 Å². The summed E-state index contributed by atoms with van der Waals surface area (Å²) in [4.78, 5) is 26.4. The molecule has 3 rings (SSSR count). The summed E-state index contributed by atoms with van der Waals surface area (Å²) in [5.41, 5.74) is 0.727. The van der Waals surface area contributed by atoms with Crippen molar-refractivity contribution in [3.8, 4) is 0 Å². The van der Waals surface area contributed by atoms with E-state index < -0.39 is 12.2 Å². The first-order chi connectivity index (χ1) is 17.5. The molecule has 4 atom stereocenters. The SMILES string of the molecule is CNC[C@H](C[C@H]1CCCOC1)NC(=O)N1CCCC([C@@H](OCCNC(=O)OC)c2cccc(F)c2)C1. The first-order valence-corrected chi connectivity index (χ1v) is 13.0. The fraction of sp³-hybridized carbons (Fsp3) is 0.692. The van der Waals surface area contributed by atoms with Crippen molar-refractivity contribution < 1.29 is 28.2 Å². The number of hydrogen-bond acceptors (Lipinski definition) is 6. The highest BCUT2D eigenvalue weighted by Gasteiger charge is 2.32. The predicted molar refractivity (Wildman–Crippen MR) is 134 cm³/mol. The number of benzene rings is 1. The number of nitrogens with one attached hydrogen (secondary N) is 3. The van der Waals surface area contributed by atoms with Crippen LogP contribution in [0.3, 0.4) is 0 Å². The number of carbonyl (C=O) groups excluding carboxylic acids is 2. The topological polar surface area (TPSA) is 101 Å². The van der Waals surface area contributed by atoms with Crippen LogP contribution in [0, 0.1) is 17.7 Å². The van der Waals surface area contributed by atoms with Crippen LogP contribution in [-0.2, 0) is 14.2 Å². The maximum Gasteiger partial charge on any atom is 0.406 e. The molecule has 36 heavy (non-hydrogen) atoms. The second-order valence-corrected chi connectivity index (χ2v) is 9.64. The molecular formula is C26H41FN4O5. The summed E-state index contributed by atoms with van der Waals surface area (Å²) >= 11 is 0. The minimum Gasteiger partial charge on any atom is -0.453 e. The Bertz CT molecular complexity index is 823. The molecule has 2 saturated heterocycles. The summed E-state index contributed by atoms with van der Waals surface area (Å²) < 4.78 is 30.4. The van der Waals surface area contributed by atoms with Gasteiger partial charge in [-0.05, 0) is 62.8 Å². The van der Waals surface area contributed by atoms with E-state index in [1.54, 1.807) is 6.07 Å². The summed E-state index contributed by atoms with van der Waals surface area (Å²) in [6, 6.07) is 6.33. The maximum absolute atomic E-state index is 14.0. The Labute approximate surface area is 213 Å².